The van der Waals surface area contributed by atoms with Crippen molar-refractivity contribution in [2.75, 3.05) is 44.2 Å². The molecule has 2 aromatic carbocycles. The number of carbonyl (C=O) groups excluding carboxylic acids is 2. The number of nitriles is 1. The largest absolute Gasteiger partial charge is 0.467 e. The third kappa shape index (κ3) is 7.17. The van der Waals surface area contributed by atoms with Crippen molar-refractivity contribution in [1.29, 1.82) is 5.26 Å². The molecule has 0 fully saturated rings. The first-order valence-corrected chi connectivity index (χ1v) is 13.2. The normalized spacial score (nSPS) is 10.8. The monoisotopic (exact) mass is 571 g/mol. The Bertz CT molecular complexity index is 1600. The number of methoxy groups -OCH3 is 1. The molecule has 0 unspecified atom stereocenters. The Hall–Kier alpha value is -5.05. The molecule has 2 amide bonds. The van der Waals surface area contributed by atoms with Gasteiger partial charge in [0.2, 0.25) is 5.91 Å². The summed E-state index contributed by atoms with van der Waals surface area (Å²) in [6, 6.07) is 17.7. The Morgan fingerprint density at radius 2 is 1.86 bits per heavy atom. The van der Waals surface area contributed by atoms with Gasteiger partial charge in [0.15, 0.2) is 18.4 Å². The highest BCUT2D eigenvalue weighted by atomic mass is 19.1. The van der Waals surface area contributed by atoms with Crippen molar-refractivity contribution in [3.8, 4) is 34.2 Å². The van der Waals surface area contributed by atoms with E-state index in [0.29, 0.717) is 28.1 Å². The number of likely N-dealkylation sites (N-methyl/N-ethyl adjacent to an activating group) is 1. The predicted octanol–water partition coefficient (Wildman–Crippen LogP) is 5.53. The Balaban J connectivity index is 1.82. The number of furan rings is 1. The number of rotatable bonds is 12. The van der Waals surface area contributed by atoms with Gasteiger partial charge in [0.1, 0.15) is 23.2 Å². The van der Waals surface area contributed by atoms with Crippen LogP contribution in [0.1, 0.15) is 30.0 Å². The van der Waals surface area contributed by atoms with Gasteiger partial charge in [0, 0.05) is 30.0 Å². The van der Waals surface area contributed by atoms with Gasteiger partial charge in [0.05, 0.1) is 18.5 Å². The molecule has 2 N–H and O–H groups in total. The topological polar surface area (TPSA) is 130 Å². The van der Waals surface area contributed by atoms with Crippen molar-refractivity contribution in [1.82, 2.24) is 9.88 Å². The SMILES string of the molecule is CCN(CC)CC(=O)Nc1cccc(-c2cc(-c3ccc(F)cc3OCOC)nc(NC(=O)c3ccco3)c2C#N)c1. The Kier molecular flexibility index (Phi) is 9.99. The van der Waals surface area contributed by atoms with Crippen molar-refractivity contribution in [3.05, 3.63) is 84.1 Å². The van der Waals surface area contributed by atoms with Crippen LogP contribution in [-0.4, -0.2) is 55.2 Å². The summed E-state index contributed by atoms with van der Waals surface area (Å²) in [7, 11) is 1.44. The van der Waals surface area contributed by atoms with Gasteiger partial charge in [-0.1, -0.05) is 26.0 Å². The number of hydrogen-bond acceptors (Lipinski definition) is 8. The lowest BCUT2D eigenvalue weighted by Gasteiger charge is -2.18. The zero-order valence-corrected chi connectivity index (χ0v) is 23.4. The van der Waals surface area contributed by atoms with Gasteiger partial charge in [-0.25, -0.2) is 9.37 Å². The van der Waals surface area contributed by atoms with E-state index in [1.54, 1.807) is 36.4 Å². The molecule has 0 aliphatic carbocycles. The maximum absolute atomic E-state index is 14.1. The lowest BCUT2D eigenvalue weighted by atomic mass is 9.97. The Labute approximate surface area is 242 Å². The molecule has 10 nitrogen and oxygen atoms in total. The molecular formula is C31H30FN5O5. The highest BCUT2D eigenvalue weighted by Crippen LogP contribution is 2.37. The first-order chi connectivity index (χ1) is 20.4. The number of nitrogens with zero attached hydrogens (tertiary/aromatic N) is 3. The van der Waals surface area contributed by atoms with Gasteiger partial charge < -0.3 is 24.5 Å². The molecule has 0 bridgehead atoms. The molecule has 11 heteroatoms. The summed E-state index contributed by atoms with van der Waals surface area (Å²) in [5.41, 5.74) is 2.29. The maximum atomic E-state index is 14.1. The summed E-state index contributed by atoms with van der Waals surface area (Å²) in [4.78, 5) is 32.1. The second kappa shape index (κ2) is 14.0. The van der Waals surface area contributed by atoms with E-state index in [2.05, 4.69) is 21.7 Å². The van der Waals surface area contributed by atoms with Crippen LogP contribution in [0.3, 0.4) is 0 Å². The van der Waals surface area contributed by atoms with Gasteiger partial charge in [-0.05, 0) is 61.1 Å². The molecule has 0 aliphatic heterocycles. The molecule has 216 valence electrons. The second-order valence-electron chi connectivity index (χ2n) is 9.10. The molecule has 2 heterocycles. The van der Waals surface area contributed by atoms with E-state index in [1.165, 1.54) is 37.6 Å². The molecule has 4 aromatic rings. The van der Waals surface area contributed by atoms with Crippen molar-refractivity contribution in [2.45, 2.75) is 13.8 Å². The first-order valence-electron chi connectivity index (χ1n) is 13.2. The van der Waals surface area contributed by atoms with Crippen LogP contribution in [0, 0.1) is 17.1 Å². The fraction of sp³-hybridized carbons (Fsp3) is 0.226. The van der Waals surface area contributed by atoms with Crippen LogP contribution in [0.5, 0.6) is 5.75 Å². The van der Waals surface area contributed by atoms with E-state index >= 15 is 0 Å². The lowest BCUT2D eigenvalue weighted by Crippen LogP contribution is -2.32. The number of benzene rings is 2. The molecule has 0 spiro atoms. The van der Waals surface area contributed by atoms with Crippen LogP contribution in [0.2, 0.25) is 0 Å². The summed E-state index contributed by atoms with van der Waals surface area (Å²) in [6.45, 7) is 5.53. The van der Waals surface area contributed by atoms with E-state index < -0.39 is 11.7 Å². The average Bonchev–Trinajstić information content (AvgIpc) is 3.54. The summed E-state index contributed by atoms with van der Waals surface area (Å²) in [6.07, 6.45) is 1.35. The van der Waals surface area contributed by atoms with Crippen molar-refractivity contribution in [3.63, 3.8) is 0 Å². The number of nitrogens with one attached hydrogen (secondary N) is 2. The fourth-order valence-electron chi connectivity index (χ4n) is 4.26. The predicted molar refractivity (Wildman–Crippen MR) is 155 cm³/mol. The number of hydrogen-bond donors (Lipinski definition) is 2. The Morgan fingerprint density at radius 1 is 1.05 bits per heavy atom. The van der Waals surface area contributed by atoms with E-state index in [4.69, 9.17) is 13.9 Å². The smallest absolute Gasteiger partial charge is 0.292 e. The minimum absolute atomic E-state index is 0.0245. The van der Waals surface area contributed by atoms with Gasteiger partial charge in [-0.2, -0.15) is 5.26 Å². The van der Waals surface area contributed by atoms with E-state index in [1.807, 2.05) is 18.7 Å². The minimum Gasteiger partial charge on any atom is -0.467 e. The number of halogens is 1. The molecular weight excluding hydrogens is 541 g/mol. The summed E-state index contributed by atoms with van der Waals surface area (Å²) in [5, 5.41) is 15.8. The van der Waals surface area contributed by atoms with Crippen LogP contribution in [0.25, 0.3) is 22.4 Å². The number of pyridine rings is 1. The van der Waals surface area contributed by atoms with Crippen molar-refractivity contribution in [2.24, 2.45) is 0 Å². The van der Waals surface area contributed by atoms with E-state index in [0.717, 1.165) is 13.1 Å². The number of amides is 2. The van der Waals surface area contributed by atoms with Crippen LogP contribution >= 0.6 is 0 Å². The average molecular weight is 572 g/mol. The van der Waals surface area contributed by atoms with Crippen LogP contribution in [0.15, 0.2) is 71.3 Å². The standard InChI is InChI=1S/C31H30FN5O5/c1-4-37(5-2)18-29(38)34-22-9-6-8-20(14-22)24-16-26(23-12-11-21(32)15-28(23)42-19-40-3)35-30(25(24)17-33)36-31(39)27-10-7-13-41-27/h6-16H,4-5,18-19H2,1-3H3,(H,34,38)(H,35,36,39). The maximum Gasteiger partial charge on any atom is 0.292 e. The third-order valence-electron chi connectivity index (χ3n) is 6.38. The third-order valence-corrected chi connectivity index (χ3v) is 6.38. The molecule has 0 saturated heterocycles. The zero-order chi connectivity index (χ0) is 30.1. The molecule has 42 heavy (non-hydrogen) atoms. The summed E-state index contributed by atoms with van der Waals surface area (Å²) in [5.74, 6) is -1.18. The van der Waals surface area contributed by atoms with Crippen LogP contribution < -0.4 is 15.4 Å². The van der Waals surface area contributed by atoms with E-state index in [9.17, 15) is 19.2 Å². The number of aromatic nitrogens is 1. The molecule has 0 saturated carbocycles. The first kappa shape index (κ1) is 29.9. The quantitative estimate of drug-likeness (QED) is 0.212. The highest BCUT2D eigenvalue weighted by Gasteiger charge is 2.21. The number of anilines is 2. The molecule has 0 aliphatic rings. The minimum atomic E-state index is -0.612. The molecule has 0 radical (unpaired) electrons. The fourth-order valence-corrected chi connectivity index (χ4v) is 4.26. The molecule has 0 atom stereocenters. The molecule has 4 rings (SSSR count). The zero-order valence-electron chi connectivity index (χ0n) is 23.4. The summed E-state index contributed by atoms with van der Waals surface area (Å²) < 4.78 is 29.9. The number of ether oxygens (including phenoxy) is 2. The van der Waals surface area contributed by atoms with Gasteiger partial charge in [0.25, 0.3) is 5.91 Å². The van der Waals surface area contributed by atoms with Gasteiger partial charge in [-0.3, -0.25) is 14.5 Å². The second-order valence-corrected chi connectivity index (χ2v) is 9.10. The molecule has 2 aromatic heterocycles. The van der Waals surface area contributed by atoms with Crippen molar-refractivity contribution >= 4 is 23.3 Å². The summed E-state index contributed by atoms with van der Waals surface area (Å²) >= 11 is 0. The highest BCUT2D eigenvalue weighted by molar-refractivity contribution is 6.03. The van der Waals surface area contributed by atoms with Crippen LogP contribution in [-0.2, 0) is 9.53 Å². The van der Waals surface area contributed by atoms with Crippen molar-refractivity contribution < 1.29 is 27.9 Å². The Morgan fingerprint density at radius 3 is 2.55 bits per heavy atom. The number of carbonyl (C=O) groups is 2. The lowest BCUT2D eigenvalue weighted by molar-refractivity contribution is -0.117. The van der Waals surface area contributed by atoms with Gasteiger partial charge >= 0.3 is 0 Å². The van der Waals surface area contributed by atoms with Crippen LogP contribution in [0.4, 0.5) is 15.9 Å². The van der Waals surface area contributed by atoms with Gasteiger partial charge in [-0.15, -0.1) is 0 Å². The van der Waals surface area contributed by atoms with E-state index in [-0.39, 0.29) is 42.1 Å².